The molecular weight excluding hydrogens is 250 g/mol. The van der Waals surface area contributed by atoms with E-state index in [0.717, 1.165) is 38.2 Å². The fourth-order valence-corrected chi connectivity index (χ4v) is 2.18. The van der Waals surface area contributed by atoms with Crippen LogP contribution in [0.5, 0.6) is 0 Å². The van der Waals surface area contributed by atoms with Crippen molar-refractivity contribution in [1.29, 1.82) is 0 Å². The molecule has 98 valence electrons. The van der Waals surface area contributed by atoms with E-state index in [2.05, 4.69) is 10.6 Å². The largest absolute Gasteiger partial charge is 0.334 e. The maximum absolute atomic E-state index is 12.0. The maximum Gasteiger partial charge on any atom is 0.317 e. The van der Waals surface area contributed by atoms with Gasteiger partial charge in [-0.15, -0.1) is 0 Å². The maximum atomic E-state index is 12.0. The molecule has 2 N–H and O–H groups in total. The van der Waals surface area contributed by atoms with E-state index in [-0.39, 0.29) is 6.03 Å². The summed E-state index contributed by atoms with van der Waals surface area (Å²) in [5.41, 5.74) is 0.945. The second kappa shape index (κ2) is 6.61. The molecule has 1 aliphatic rings. The Morgan fingerprint density at radius 3 is 3.00 bits per heavy atom. The van der Waals surface area contributed by atoms with Crippen molar-refractivity contribution in [3.05, 3.63) is 34.9 Å². The van der Waals surface area contributed by atoms with Gasteiger partial charge in [0.1, 0.15) is 0 Å². The minimum atomic E-state index is -0.0152. The minimum Gasteiger partial charge on any atom is -0.334 e. The number of nitrogens with zero attached hydrogens (tertiary/aromatic N) is 1. The number of carbonyl (C=O) groups is 1. The molecule has 2 amide bonds. The number of carbonyl (C=O) groups excluding carboxylic acids is 1. The molecular formula is C13H18ClN3O. The summed E-state index contributed by atoms with van der Waals surface area (Å²) >= 11 is 6.04. The Hall–Kier alpha value is -1.26. The molecule has 1 saturated heterocycles. The van der Waals surface area contributed by atoms with Crippen LogP contribution in [0.25, 0.3) is 0 Å². The molecule has 5 heteroatoms. The summed E-state index contributed by atoms with van der Waals surface area (Å²) < 4.78 is 0. The summed E-state index contributed by atoms with van der Waals surface area (Å²) in [6, 6.07) is 7.54. The van der Waals surface area contributed by atoms with Gasteiger partial charge in [-0.1, -0.05) is 29.8 Å². The van der Waals surface area contributed by atoms with Gasteiger partial charge < -0.3 is 15.5 Å². The molecule has 0 radical (unpaired) electrons. The van der Waals surface area contributed by atoms with Crippen molar-refractivity contribution in [2.75, 3.05) is 26.2 Å². The molecule has 0 bridgehead atoms. The Morgan fingerprint density at radius 2 is 2.17 bits per heavy atom. The highest BCUT2D eigenvalue weighted by molar-refractivity contribution is 6.31. The van der Waals surface area contributed by atoms with Crippen LogP contribution in [0, 0.1) is 0 Å². The second-order valence-electron chi connectivity index (χ2n) is 4.34. The van der Waals surface area contributed by atoms with E-state index in [1.54, 1.807) is 0 Å². The van der Waals surface area contributed by atoms with Crippen LogP contribution in [0.1, 0.15) is 12.0 Å². The summed E-state index contributed by atoms with van der Waals surface area (Å²) in [6.07, 6.45) is 1.000. The predicted octanol–water partition coefficient (Wildman–Crippen LogP) is 1.84. The van der Waals surface area contributed by atoms with Crippen LogP contribution in [0.15, 0.2) is 24.3 Å². The molecule has 0 spiro atoms. The van der Waals surface area contributed by atoms with Gasteiger partial charge in [0.2, 0.25) is 0 Å². The van der Waals surface area contributed by atoms with Crippen LogP contribution < -0.4 is 10.6 Å². The van der Waals surface area contributed by atoms with E-state index in [1.807, 2.05) is 29.2 Å². The summed E-state index contributed by atoms with van der Waals surface area (Å²) in [5.74, 6) is 0. The highest BCUT2D eigenvalue weighted by Crippen LogP contribution is 2.14. The molecule has 1 aromatic carbocycles. The van der Waals surface area contributed by atoms with Gasteiger partial charge in [-0.3, -0.25) is 0 Å². The third kappa shape index (κ3) is 3.62. The number of rotatable bonds is 2. The zero-order valence-corrected chi connectivity index (χ0v) is 11.0. The quantitative estimate of drug-likeness (QED) is 0.859. The zero-order valence-electron chi connectivity index (χ0n) is 10.3. The molecule has 18 heavy (non-hydrogen) atoms. The predicted molar refractivity (Wildman–Crippen MR) is 72.7 cm³/mol. The molecule has 4 nitrogen and oxygen atoms in total. The monoisotopic (exact) mass is 267 g/mol. The minimum absolute atomic E-state index is 0.0152. The van der Waals surface area contributed by atoms with Crippen LogP contribution in [-0.2, 0) is 6.54 Å². The molecule has 0 unspecified atom stereocenters. The standard InChI is InChI=1S/C13H18ClN3O/c14-12-5-2-1-4-11(12)10-16-13(18)17-8-3-6-15-7-9-17/h1-2,4-5,15H,3,6-10H2,(H,16,18). The number of hydrogen-bond acceptors (Lipinski definition) is 2. The Morgan fingerprint density at radius 1 is 1.33 bits per heavy atom. The van der Waals surface area contributed by atoms with Gasteiger partial charge in [-0.2, -0.15) is 0 Å². The second-order valence-corrected chi connectivity index (χ2v) is 4.75. The molecule has 2 rings (SSSR count). The lowest BCUT2D eigenvalue weighted by Gasteiger charge is -2.20. The highest BCUT2D eigenvalue weighted by Gasteiger charge is 2.14. The molecule has 0 aliphatic carbocycles. The van der Waals surface area contributed by atoms with Crippen molar-refractivity contribution < 1.29 is 4.79 Å². The first-order valence-electron chi connectivity index (χ1n) is 6.24. The van der Waals surface area contributed by atoms with Crippen molar-refractivity contribution in [2.45, 2.75) is 13.0 Å². The fraction of sp³-hybridized carbons (Fsp3) is 0.462. The van der Waals surface area contributed by atoms with Crippen molar-refractivity contribution in [2.24, 2.45) is 0 Å². The Kier molecular flexibility index (Phi) is 4.84. The molecule has 1 aromatic rings. The van der Waals surface area contributed by atoms with Crippen LogP contribution in [0.4, 0.5) is 4.79 Å². The average molecular weight is 268 g/mol. The first-order valence-corrected chi connectivity index (χ1v) is 6.62. The Labute approximate surface area is 112 Å². The SMILES string of the molecule is O=C(NCc1ccccc1Cl)N1CCCNCC1. The third-order valence-corrected chi connectivity index (χ3v) is 3.38. The van der Waals surface area contributed by atoms with Crippen molar-refractivity contribution >= 4 is 17.6 Å². The van der Waals surface area contributed by atoms with Crippen molar-refractivity contribution in [3.8, 4) is 0 Å². The third-order valence-electron chi connectivity index (χ3n) is 3.02. The van der Waals surface area contributed by atoms with E-state index < -0.39 is 0 Å². The summed E-state index contributed by atoms with van der Waals surface area (Å²) in [5, 5.41) is 6.87. The van der Waals surface area contributed by atoms with Crippen molar-refractivity contribution in [1.82, 2.24) is 15.5 Å². The number of amides is 2. The van der Waals surface area contributed by atoms with Crippen LogP contribution in [-0.4, -0.2) is 37.1 Å². The van der Waals surface area contributed by atoms with Gasteiger partial charge in [0, 0.05) is 31.2 Å². The first-order chi connectivity index (χ1) is 8.77. The van der Waals surface area contributed by atoms with Crippen molar-refractivity contribution in [3.63, 3.8) is 0 Å². The van der Waals surface area contributed by atoms with E-state index in [1.165, 1.54) is 0 Å². The molecule has 1 heterocycles. The number of hydrogen-bond donors (Lipinski definition) is 2. The number of benzene rings is 1. The van der Waals surface area contributed by atoms with Gasteiger partial charge in [-0.05, 0) is 24.6 Å². The summed E-state index contributed by atoms with van der Waals surface area (Å²) in [4.78, 5) is 13.8. The van der Waals surface area contributed by atoms with Gasteiger partial charge >= 0.3 is 6.03 Å². The van der Waals surface area contributed by atoms with Gasteiger partial charge in [0.15, 0.2) is 0 Å². The smallest absolute Gasteiger partial charge is 0.317 e. The Balaban J connectivity index is 1.86. The molecule has 0 aromatic heterocycles. The summed E-state index contributed by atoms with van der Waals surface area (Å²) in [7, 11) is 0. The number of nitrogens with one attached hydrogen (secondary N) is 2. The highest BCUT2D eigenvalue weighted by atomic mass is 35.5. The van der Waals surface area contributed by atoms with Gasteiger partial charge in [0.05, 0.1) is 0 Å². The normalized spacial score (nSPS) is 16.2. The van der Waals surface area contributed by atoms with E-state index >= 15 is 0 Å². The molecule has 0 saturated carbocycles. The van der Waals surface area contributed by atoms with E-state index in [0.29, 0.717) is 11.6 Å². The first kappa shape index (κ1) is 13.2. The topological polar surface area (TPSA) is 44.4 Å². The number of urea groups is 1. The van der Waals surface area contributed by atoms with Crippen LogP contribution in [0.3, 0.4) is 0 Å². The molecule has 1 fully saturated rings. The van der Waals surface area contributed by atoms with Crippen LogP contribution in [0.2, 0.25) is 5.02 Å². The van der Waals surface area contributed by atoms with Gasteiger partial charge in [-0.25, -0.2) is 4.79 Å². The lowest BCUT2D eigenvalue weighted by atomic mass is 10.2. The Bertz CT molecular complexity index is 403. The lowest BCUT2D eigenvalue weighted by Crippen LogP contribution is -2.41. The zero-order chi connectivity index (χ0) is 12.8. The van der Waals surface area contributed by atoms with E-state index in [4.69, 9.17) is 11.6 Å². The average Bonchev–Trinajstić information content (AvgIpc) is 2.66. The lowest BCUT2D eigenvalue weighted by molar-refractivity contribution is 0.201. The number of halogens is 1. The molecule has 1 aliphatic heterocycles. The van der Waals surface area contributed by atoms with E-state index in [9.17, 15) is 4.79 Å². The fourth-order valence-electron chi connectivity index (χ4n) is 1.97. The molecule has 0 atom stereocenters. The summed E-state index contributed by atoms with van der Waals surface area (Å²) in [6.45, 7) is 3.88. The van der Waals surface area contributed by atoms with Crippen LogP contribution >= 0.6 is 11.6 Å². The van der Waals surface area contributed by atoms with Gasteiger partial charge in [0.25, 0.3) is 0 Å².